The van der Waals surface area contributed by atoms with E-state index >= 15 is 0 Å². The summed E-state index contributed by atoms with van der Waals surface area (Å²) in [7, 11) is 0. The van der Waals surface area contributed by atoms with Crippen LogP contribution in [0.25, 0.3) is 0 Å². The van der Waals surface area contributed by atoms with Crippen LogP contribution in [0.15, 0.2) is 29.2 Å². The molecular formula is C18H19N5OS. The number of aryl methyl sites for hydroxylation is 1. The molecular weight excluding hydrogens is 334 g/mol. The minimum absolute atomic E-state index is 0.0131. The lowest BCUT2D eigenvalue weighted by atomic mass is 10.2. The van der Waals surface area contributed by atoms with E-state index in [1.165, 1.54) is 0 Å². The molecule has 2 aromatic rings. The lowest BCUT2D eigenvalue weighted by Crippen LogP contribution is -2.38. The number of rotatable bonds is 3. The van der Waals surface area contributed by atoms with Crippen molar-refractivity contribution < 1.29 is 0 Å². The van der Waals surface area contributed by atoms with Crippen LogP contribution < -0.4 is 10.5 Å². The van der Waals surface area contributed by atoms with E-state index < -0.39 is 0 Å². The second-order valence-electron chi connectivity index (χ2n) is 6.45. The second kappa shape index (κ2) is 6.89. The fraction of sp³-hybridized carbons (Fsp3) is 0.444. The van der Waals surface area contributed by atoms with Gasteiger partial charge in [0, 0.05) is 31.0 Å². The first-order valence-corrected chi connectivity index (χ1v) is 9.70. The van der Waals surface area contributed by atoms with Crippen LogP contribution >= 0.6 is 11.8 Å². The molecule has 0 N–H and O–H groups in total. The Morgan fingerprint density at radius 1 is 1.40 bits per heavy atom. The van der Waals surface area contributed by atoms with E-state index in [0.717, 1.165) is 54.4 Å². The molecule has 0 bridgehead atoms. The van der Waals surface area contributed by atoms with E-state index in [-0.39, 0.29) is 11.6 Å². The molecule has 2 aliphatic heterocycles. The number of nitrogens with zero attached hydrogens (tertiary/aromatic N) is 5. The summed E-state index contributed by atoms with van der Waals surface area (Å²) in [5, 5.41) is 13.5. The quantitative estimate of drug-likeness (QED) is 0.840. The van der Waals surface area contributed by atoms with E-state index in [4.69, 9.17) is 5.26 Å². The molecule has 7 heteroatoms. The highest BCUT2D eigenvalue weighted by Gasteiger charge is 2.27. The Kier molecular flexibility index (Phi) is 4.45. The van der Waals surface area contributed by atoms with Gasteiger partial charge in [-0.3, -0.25) is 4.79 Å². The lowest BCUT2D eigenvalue weighted by Gasteiger charge is -2.26. The van der Waals surface area contributed by atoms with Gasteiger partial charge in [0.25, 0.3) is 5.56 Å². The maximum atomic E-state index is 12.4. The minimum Gasteiger partial charge on any atom is -0.352 e. The number of hydrogen-bond donors (Lipinski definition) is 0. The van der Waals surface area contributed by atoms with Crippen molar-refractivity contribution in [3.63, 3.8) is 0 Å². The second-order valence-corrected chi connectivity index (χ2v) is 7.55. The molecule has 1 saturated heterocycles. The van der Waals surface area contributed by atoms with E-state index in [0.29, 0.717) is 12.1 Å². The number of pyridine rings is 1. The number of nitriles is 1. The van der Waals surface area contributed by atoms with Gasteiger partial charge in [-0.1, -0.05) is 0 Å². The van der Waals surface area contributed by atoms with Crippen molar-refractivity contribution in [3.05, 3.63) is 51.6 Å². The average molecular weight is 353 g/mol. The Hall–Kier alpha value is -2.33. The maximum absolute atomic E-state index is 12.4. The molecule has 0 amide bonds. The number of aromatic nitrogens is 3. The predicted molar refractivity (Wildman–Crippen MR) is 97.7 cm³/mol. The summed E-state index contributed by atoms with van der Waals surface area (Å²) in [5.74, 6) is 2.83. The van der Waals surface area contributed by atoms with Gasteiger partial charge in [-0.25, -0.2) is 9.67 Å². The van der Waals surface area contributed by atoms with Gasteiger partial charge >= 0.3 is 0 Å². The fourth-order valence-corrected chi connectivity index (χ4v) is 4.48. The third-order valence-corrected chi connectivity index (χ3v) is 5.84. The van der Waals surface area contributed by atoms with Gasteiger partial charge in [-0.05, 0) is 36.3 Å². The van der Waals surface area contributed by atoms with Gasteiger partial charge in [0.2, 0.25) is 0 Å². The molecule has 6 nitrogen and oxygen atoms in total. The van der Waals surface area contributed by atoms with Crippen LogP contribution in [0.4, 0.5) is 5.82 Å². The smallest absolute Gasteiger partial charge is 0.267 e. The zero-order valence-corrected chi connectivity index (χ0v) is 14.7. The molecule has 128 valence electrons. The van der Waals surface area contributed by atoms with Crippen LogP contribution in [0.3, 0.4) is 0 Å². The van der Waals surface area contributed by atoms with Gasteiger partial charge < -0.3 is 4.90 Å². The molecule has 1 atom stereocenters. The van der Waals surface area contributed by atoms with Crippen LogP contribution in [0.5, 0.6) is 0 Å². The van der Waals surface area contributed by atoms with Crippen LogP contribution in [0, 0.1) is 11.3 Å². The zero-order valence-electron chi connectivity index (χ0n) is 13.9. The molecule has 0 aromatic carbocycles. The average Bonchev–Trinajstić information content (AvgIpc) is 3.10. The molecule has 1 fully saturated rings. The van der Waals surface area contributed by atoms with Gasteiger partial charge in [-0.15, -0.1) is 0 Å². The number of thioether (sulfide) groups is 1. The van der Waals surface area contributed by atoms with E-state index in [1.807, 2.05) is 17.8 Å². The highest BCUT2D eigenvalue weighted by atomic mass is 32.2. The highest BCUT2D eigenvalue weighted by Crippen LogP contribution is 2.25. The Morgan fingerprint density at radius 3 is 3.12 bits per heavy atom. The largest absolute Gasteiger partial charge is 0.352 e. The molecule has 0 spiro atoms. The van der Waals surface area contributed by atoms with Crippen LogP contribution in [0.1, 0.15) is 29.7 Å². The number of anilines is 1. The van der Waals surface area contributed by atoms with Gasteiger partial charge in [0.15, 0.2) is 0 Å². The Balaban J connectivity index is 1.57. The van der Waals surface area contributed by atoms with Crippen molar-refractivity contribution in [2.45, 2.75) is 37.6 Å². The summed E-state index contributed by atoms with van der Waals surface area (Å²) in [6.07, 6.45) is 4.63. The highest BCUT2D eigenvalue weighted by molar-refractivity contribution is 7.98. The predicted octanol–water partition coefficient (Wildman–Crippen LogP) is 1.97. The Morgan fingerprint density at radius 2 is 2.32 bits per heavy atom. The molecule has 1 unspecified atom stereocenters. The summed E-state index contributed by atoms with van der Waals surface area (Å²) in [4.78, 5) is 19.1. The van der Waals surface area contributed by atoms with Crippen LogP contribution in [-0.2, 0) is 18.7 Å². The topological polar surface area (TPSA) is 74.8 Å². The summed E-state index contributed by atoms with van der Waals surface area (Å²) in [5.41, 5.74) is 2.71. The monoisotopic (exact) mass is 353 g/mol. The normalized spacial score (nSPS) is 19.5. The molecule has 4 heterocycles. The van der Waals surface area contributed by atoms with E-state index in [1.54, 1.807) is 23.0 Å². The SMILES string of the molecule is N#Cc1ccc(N2CCCC2Cn2nc3c(cc2=O)CSCC3)nc1. The molecule has 0 radical (unpaired) electrons. The van der Waals surface area contributed by atoms with Crippen LogP contribution in [0.2, 0.25) is 0 Å². The van der Waals surface area contributed by atoms with Crippen molar-refractivity contribution in [2.24, 2.45) is 0 Å². The maximum Gasteiger partial charge on any atom is 0.267 e. The summed E-state index contributed by atoms with van der Waals surface area (Å²) in [6, 6.07) is 7.74. The van der Waals surface area contributed by atoms with Gasteiger partial charge in [0.05, 0.1) is 23.8 Å². The number of hydrogen-bond acceptors (Lipinski definition) is 6. The third kappa shape index (κ3) is 3.27. The third-order valence-electron chi connectivity index (χ3n) is 4.84. The van der Waals surface area contributed by atoms with Crippen molar-refractivity contribution in [1.29, 1.82) is 5.26 Å². The van der Waals surface area contributed by atoms with Crippen molar-refractivity contribution >= 4 is 17.6 Å². The van der Waals surface area contributed by atoms with Crippen molar-refractivity contribution in [1.82, 2.24) is 14.8 Å². The molecule has 0 aliphatic carbocycles. The molecule has 25 heavy (non-hydrogen) atoms. The first-order valence-electron chi connectivity index (χ1n) is 8.55. The minimum atomic E-state index is -0.0131. The van der Waals surface area contributed by atoms with Crippen molar-refractivity contribution in [2.75, 3.05) is 17.2 Å². The summed E-state index contributed by atoms with van der Waals surface area (Å²) in [6.45, 7) is 1.50. The lowest BCUT2D eigenvalue weighted by molar-refractivity contribution is 0.480. The zero-order chi connectivity index (χ0) is 17.2. The number of fused-ring (bicyclic) bond motifs is 1. The first-order chi connectivity index (χ1) is 12.2. The summed E-state index contributed by atoms with van der Waals surface area (Å²) < 4.78 is 1.63. The molecule has 2 aromatic heterocycles. The van der Waals surface area contributed by atoms with E-state index in [9.17, 15) is 4.79 Å². The summed E-state index contributed by atoms with van der Waals surface area (Å²) >= 11 is 1.86. The Bertz CT molecular complexity index is 871. The van der Waals surface area contributed by atoms with E-state index in [2.05, 4.69) is 21.1 Å². The standard InChI is InChI=1S/C18H19N5OS/c19-9-13-3-4-17(20-10-13)22-6-1-2-15(22)11-23-18(24)8-14-12-25-7-5-16(14)21-23/h3-4,8,10,15H,1-2,5-7,11-12H2. The molecule has 0 saturated carbocycles. The Labute approximate surface area is 150 Å². The molecule has 2 aliphatic rings. The first kappa shape index (κ1) is 16.2. The molecule has 4 rings (SSSR count). The van der Waals surface area contributed by atoms with Crippen molar-refractivity contribution in [3.8, 4) is 6.07 Å². The fourth-order valence-electron chi connectivity index (χ4n) is 3.53. The van der Waals surface area contributed by atoms with Gasteiger partial charge in [0.1, 0.15) is 11.9 Å². The van der Waals surface area contributed by atoms with Crippen LogP contribution in [-0.4, -0.2) is 33.1 Å². The van der Waals surface area contributed by atoms with Gasteiger partial charge in [-0.2, -0.15) is 22.1 Å².